The molecule has 2 N–H and O–H groups in total. The lowest BCUT2D eigenvalue weighted by Gasteiger charge is -2.24. The number of nitrogens with zero attached hydrogens (tertiary/aromatic N) is 1. The van der Waals surface area contributed by atoms with E-state index in [2.05, 4.69) is 12.2 Å². The summed E-state index contributed by atoms with van der Waals surface area (Å²) in [6.45, 7) is 4.44. The number of urea groups is 1. The third-order valence-electron chi connectivity index (χ3n) is 6.55. The third kappa shape index (κ3) is 9.05. The van der Waals surface area contributed by atoms with Crippen molar-refractivity contribution < 1.29 is 27.9 Å². The Labute approximate surface area is 237 Å². The topological polar surface area (TPSA) is 69.6 Å². The first-order valence-corrected chi connectivity index (χ1v) is 14.3. The lowest BCUT2D eigenvalue weighted by atomic mass is 9.97. The van der Waals surface area contributed by atoms with Gasteiger partial charge in [0.15, 0.2) is 0 Å². The highest BCUT2D eigenvalue weighted by molar-refractivity contribution is 7.99. The summed E-state index contributed by atoms with van der Waals surface area (Å²) in [6.07, 6.45) is 1.11. The summed E-state index contributed by atoms with van der Waals surface area (Å²) in [4.78, 5) is 28.2. The molecule has 0 radical (unpaired) electrons. The molecule has 3 aromatic carbocycles. The van der Waals surface area contributed by atoms with Crippen molar-refractivity contribution in [2.45, 2.75) is 74.3 Å². The van der Waals surface area contributed by atoms with Gasteiger partial charge in [-0.3, -0.25) is 9.69 Å². The fourth-order valence-electron chi connectivity index (χ4n) is 4.33. The van der Waals surface area contributed by atoms with E-state index >= 15 is 0 Å². The Kier molecular flexibility index (Phi) is 11.5. The first-order valence-electron chi connectivity index (χ1n) is 13.5. The van der Waals surface area contributed by atoms with Crippen LogP contribution in [0.15, 0.2) is 82.6 Å². The second kappa shape index (κ2) is 14.8. The number of carboxylic acids is 1. The monoisotopic (exact) mass is 572 g/mol. The number of halogens is 3. The van der Waals surface area contributed by atoms with Gasteiger partial charge in [0.1, 0.15) is 0 Å². The molecule has 0 spiro atoms. The molecule has 5 nitrogen and oxygen atoms in total. The number of carbonyl (C=O) groups excluding carboxylic acids is 1. The third-order valence-corrected chi connectivity index (χ3v) is 7.55. The second-order valence-corrected chi connectivity index (χ2v) is 10.7. The van der Waals surface area contributed by atoms with Gasteiger partial charge in [-0.05, 0) is 73.0 Å². The van der Waals surface area contributed by atoms with Gasteiger partial charge in [0.25, 0.3) is 0 Å². The molecule has 0 aromatic heterocycles. The molecule has 1 atom stereocenters. The molecule has 0 saturated heterocycles. The quantitative estimate of drug-likeness (QED) is 0.200. The van der Waals surface area contributed by atoms with Gasteiger partial charge in [-0.2, -0.15) is 13.2 Å². The average Bonchev–Trinajstić information content (AvgIpc) is 2.92. The molecule has 0 aliphatic rings. The van der Waals surface area contributed by atoms with Gasteiger partial charge in [-0.15, -0.1) is 0 Å². The van der Waals surface area contributed by atoms with E-state index in [0.29, 0.717) is 18.7 Å². The smallest absolute Gasteiger partial charge is 0.416 e. The van der Waals surface area contributed by atoms with E-state index in [1.807, 2.05) is 55.5 Å². The SMILES string of the molecule is CCCCCCCN(C(=O)Nc1ccc(C(F)(F)F)cc1)c1cccc(Sc2ccc(C(CC)C(=O)O)cc2)c1. The van der Waals surface area contributed by atoms with Crippen LogP contribution in [0.2, 0.25) is 0 Å². The molecule has 3 aromatic rings. The molecule has 0 fully saturated rings. The van der Waals surface area contributed by atoms with Crippen molar-refractivity contribution in [3.05, 3.63) is 83.9 Å². The number of carboxylic acid groups (broad SMARTS) is 1. The minimum absolute atomic E-state index is 0.284. The molecule has 2 amide bonds. The molecular weight excluding hydrogens is 537 g/mol. The lowest BCUT2D eigenvalue weighted by Crippen LogP contribution is -2.35. The number of alkyl halides is 3. The van der Waals surface area contributed by atoms with Crippen LogP contribution in [0.25, 0.3) is 0 Å². The number of hydrogen-bond donors (Lipinski definition) is 2. The number of benzene rings is 3. The number of rotatable bonds is 13. The maximum atomic E-state index is 13.3. The summed E-state index contributed by atoms with van der Waals surface area (Å²) < 4.78 is 38.8. The van der Waals surface area contributed by atoms with Crippen LogP contribution in [-0.4, -0.2) is 23.7 Å². The Morgan fingerprint density at radius 2 is 1.57 bits per heavy atom. The lowest BCUT2D eigenvalue weighted by molar-refractivity contribution is -0.139. The molecule has 0 heterocycles. The number of carbonyl (C=O) groups is 2. The number of unbranched alkanes of at least 4 members (excludes halogenated alkanes) is 4. The Morgan fingerprint density at radius 1 is 0.900 bits per heavy atom. The summed E-state index contributed by atoms with van der Waals surface area (Å²) >= 11 is 1.50. The molecule has 3 rings (SSSR count). The van der Waals surface area contributed by atoms with Crippen molar-refractivity contribution in [1.29, 1.82) is 0 Å². The first-order chi connectivity index (χ1) is 19.1. The maximum absolute atomic E-state index is 13.3. The van der Waals surface area contributed by atoms with Crippen LogP contribution in [-0.2, 0) is 11.0 Å². The normalized spacial score (nSPS) is 12.1. The molecular formula is C31H35F3N2O3S. The van der Waals surface area contributed by atoms with E-state index in [1.54, 1.807) is 4.90 Å². The van der Waals surface area contributed by atoms with Crippen molar-refractivity contribution in [2.75, 3.05) is 16.8 Å². The Bertz CT molecular complexity index is 1250. The summed E-state index contributed by atoms with van der Waals surface area (Å²) in [7, 11) is 0. The summed E-state index contributed by atoms with van der Waals surface area (Å²) in [5.41, 5.74) is 0.941. The van der Waals surface area contributed by atoms with Crippen molar-refractivity contribution in [1.82, 2.24) is 0 Å². The number of hydrogen-bond acceptors (Lipinski definition) is 3. The van der Waals surface area contributed by atoms with Crippen molar-refractivity contribution >= 4 is 35.1 Å². The van der Waals surface area contributed by atoms with E-state index in [-0.39, 0.29) is 5.69 Å². The standard InChI is InChI=1S/C31H35F3N2O3S/c1-3-5-6-7-8-20-36(30(39)35-24-16-14-23(15-17-24)31(32,33)34)25-10-9-11-27(21-25)40-26-18-12-22(13-19-26)28(4-2)29(37)38/h9-19,21,28H,3-8,20H2,1-2H3,(H,35,39)(H,37,38). The van der Waals surface area contributed by atoms with Gasteiger partial charge in [-0.25, -0.2) is 4.79 Å². The molecule has 0 aliphatic heterocycles. The molecule has 1 unspecified atom stereocenters. The fourth-order valence-corrected chi connectivity index (χ4v) is 5.20. The molecule has 0 aliphatic carbocycles. The molecule has 214 valence electrons. The van der Waals surface area contributed by atoms with E-state index < -0.39 is 29.7 Å². The van der Waals surface area contributed by atoms with Crippen LogP contribution < -0.4 is 10.2 Å². The highest BCUT2D eigenvalue weighted by atomic mass is 32.2. The molecule has 40 heavy (non-hydrogen) atoms. The number of amides is 2. The van der Waals surface area contributed by atoms with Gasteiger partial charge in [0.2, 0.25) is 0 Å². The summed E-state index contributed by atoms with van der Waals surface area (Å²) in [5.74, 6) is -1.39. The van der Waals surface area contributed by atoms with Crippen LogP contribution in [0.1, 0.15) is 69.4 Å². The van der Waals surface area contributed by atoms with Gasteiger partial charge in [0, 0.05) is 27.7 Å². The molecule has 0 bridgehead atoms. The zero-order valence-corrected chi connectivity index (χ0v) is 23.5. The van der Waals surface area contributed by atoms with E-state index in [4.69, 9.17) is 0 Å². The first kappa shape index (κ1) is 31.1. The highest BCUT2D eigenvalue weighted by Crippen LogP contribution is 2.33. The van der Waals surface area contributed by atoms with E-state index in [1.165, 1.54) is 23.9 Å². The predicted molar refractivity (Wildman–Crippen MR) is 154 cm³/mol. The largest absolute Gasteiger partial charge is 0.481 e. The van der Waals surface area contributed by atoms with E-state index in [9.17, 15) is 27.9 Å². The van der Waals surface area contributed by atoms with Crippen molar-refractivity contribution in [3.8, 4) is 0 Å². The van der Waals surface area contributed by atoms with Crippen molar-refractivity contribution in [3.63, 3.8) is 0 Å². The summed E-state index contributed by atoms with van der Waals surface area (Å²) in [5, 5.41) is 12.1. The van der Waals surface area contributed by atoms with Gasteiger partial charge in [0.05, 0.1) is 11.5 Å². The Balaban J connectivity index is 1.77. The number of anilines is 2. The number of nitrogens with one attached hydrogen (secondary N) is 1. The van der Waals surface area contributed by atoms with Crippen molar-refractivity contribution in [2.24, 2.45) is 0 Å². The van der Waals surface area contributed by atoms with Crippen LogP contribution in [0, 0.1) is 0 Å². The Morgan fingerprint density at radius 3 is 2.17 bits per heavy atom. The fraction of sp³-hybridized carbons (Fsp3) is 0.355. The van der Waals surface area contributed by atoms with Gasteiger partial charge >= 0.3 is 18.2 Å². The zero-order chi connectivity index (χ0) is 29.1. The van der Waals surface area contributed by atoms with Crippen LogP contribution in [0.5, 0.6) is 0 Å². The number of aliphatic carboxylic acids is 1. The zero-order valence-electron chi connectivity index (χ0n) is 22.7. The van der Waals surface area contributed by atoms with Crippen LogP contribution in [0.3, 0.4) is 0 Å². The highest BCUT2D eigenvalue weighted by Gasteiger charge is 2.30. The molecule has 0 saturated carbocycles. The Hall–Kier alpha value is -3.46. The van der Waals surface area contributed by atoms with E-state index in [0.717, 1.165) is 59.6 Å². The maximum Gasteiger partial charge on any atom is 0.416 e. The van der Waals surface area contributed by atoms with Crippen LogP contribution in [0.4, 0.5) is 29.3 Å². The predicted octanol–water partition coefficient (Wildman–Crippen LogP) is 9.44. The second-order valence-electron chi connectivity index (χ2n) is 9.54. The van der Waals surface area contributed by atoms with Gasteiger partial charge < -0.3 is 10.4 Å². The summed E-state index contributed by atoms with van der Waals surface area (Å²) in [6, 6.07) is 19.0. The molecule has 9 heteroatoms. The minimum atomic E-state index is -4.44. The minimum Gasteiger partial charge on any atom is -0.481 e. The average molecular weight is 573 g/mol. The van der Waals surface area contributed by atoms with Gasteiger partial charge in [-0.1, -0.05) is 69.5 Å². The van der Waals surface area contributed by atoms with Crippen LogP contribution >= 0.6 is 11.8 Å².